The molecule has 3 N–H and O–H groups in total. The predicted octanol–water partition coefficient (Wildman–Crippen LogP) is 4.73. The van der Waals surface area contributed by atoms with E-state index < -0.39 is 6.09 Å². The summed E-state index contributed by atoms with van der Waals surface area (Å²) in [6.07, 6.45) is 7.80. The zero-order chi connectivity index (χ0) is 21.9. The van der Waals surface area contributed by atoms with Crippen LogP contribution in [-0.2, 0) is 20.9 Å². The number of amides is 1. The fourth-order valence-corrected chi connectivity index (χ4v) is 4.37. The van der Waals surface area contributed by atoms with Crippen molar-refractivity contribution in [3.63, 3.8) is 0 Å². The summed E-state index contributed by atoms with van der Waals surface area (Å²) in [5, 5.41) is 2.84. The van der Waals surface area contributed by atoms with Crippen molar-refractivity contribution < 1.29 is 19.1 Å². The predicted molar refractivity (Wildman–Crippen MR) is 127 cm³/mol. The number of hydrogen-bond acceptors (Lipinski definition) is 5. The lowest BCUT2D eigenvalue weighted by atomic mass is 9.82. The third-order valence-corrected chi connectivity index (χ3v) is 6.15. The average molecular weight is 497 g/mol. The number of hydrogen-bond donors (Lipinski definition) is 2. The molecule has 0 aromatic heterocycles. The Kier molecular flexibility index (Phi) is 12.6. The van der Waals surface area contributed by atoms with Gasteiger partial charge in [-0.15, -0.1) is 17.0 Å². The van der Waals surface area contributed by atoms with Crippen LogP contribution in [0.3, 0.4) is 0 Å². The summed E-state index contributed by atoms with van der Waals surface area (Å²) in [5.41, 5.74) is 6.71. The van der Waals surface area contributed by atoms with Crippen LogP contribution in [0.5, 0.6) is 0 Å². The molecule has 2 aliphatic carbocycles. The van der Waals surface area contributed by atoms with Crippen LogP contribution in [0, 0.1) is 11.8 Å². The minimum atomic E-state index is -0.438. The van der Waals surface area contributed by atoms with E-state index in [2.05, 4.69) is 5.32 Å². The van der Waals surface area contributed by atoms with Gasteiger partial charge in [0.25, 0.3) is 0 Å². The van der Waals surface area contributed by atoms with E-state index in [4.69, 9.17) is 10.5 Å². The number of rotatable bonds is 5. The van der Waals surface area contributed by atoms with Crippen molar-refractivity contribution in [2.45, 2.75) is 83.9 Å². The van der Waals surface area contributed by atoms with Crippen molar-refractivity contribution in [2.24, 2.45) is 17.6 Å². The Morgan fingerprint density at radius 3 is 2.00 bits per heavy atom. The summed E-state index contributed by atoms with van der Waals surface area (Å²) in [5.74, 6) is 0.520. The molecule has 0 radical (unpaired) electrons. The van der Waals surface area contributed by atoms with Crippen molar-refractivity contribution in [2.75, 3.05) is 0 Å². The molecule has 1 aromatic carbocycles. The molecule has 2 saturated carbocycles. The van der Waals surface area contributed by atoms with Crippen LogP contribution in [0.4, 0.5) is 4.79 Å². The van der Waals surface area contributed by atoms with Gasteiger partial charge >= 0.3 is 6.09 Å². The highest BCUT2D eigenvalue weighted by atomic mass is 79.9. The van der Waals surface area contributed by atoms with E-state index in [0.29, 0.717) is 0 Å². The van der Waals surface area contributed by atoms with Crippen molar-refractivity contribution in [1.82, 2.24) is 5.32 Å². The number of nitrogens with one attached hydrogen (secondary N) is 1. The molecule has 174 valence electrons. The normalized spacial score (nSPS) is 25.1. The van der Waals surface area contributed by atoms with Crippen LogP contribution in [0.25, 0.3) is 0 Å². The maximum absolute atomic E-state index is 11.8. The zero-order valence-electron chi connectivity index (χ0n) is 18.7. The Labute approximate surface area is 196 Å². The molecule has 0 saturated heterocycles. The van der Waals surface area contributed by atoms with E-state index in [0.717, 1.165) is 44.1 Å². The monoisotopic (exact) mass is 496 g/mol. The zero-order valence-corrected chi connectivity index (χ0v) is 20.4. The fraction of sp³-hybridized carbons (Fsp3) is 0.625. The molecule has 4 atom stereocenters. The number of benzene rings is 1. The van der Waals surface area contributed by atoms with Crippen LogP contribution in [-0.4, -0.2) is 29.7 Å². The van der Waals surface area contributed by atoms with Gasteiger partial charge in [0.15, 0.2) is 0 Å². The highest BCUT2D eigenvalue weighted by molar-refractivity contribution is 8.93. The molecule has 2 aliphatic rings. The molecule has 1 unspecified atom stereocenters. The number of nitrogens with two attached hydrogens (primary N) is 1. The largest absolute Gasteiger partial charge is 0.445 e. The topological polar surface area (TPSA) is 98.5 Å². The quantitative estimate of drug-likeness (QED) is 0.613. The molecule has 0 bridgehead atoms. The van der Waals surface area contributed by atoms with Gasteiger partial charge < -0.3 is 15.8 Å². The van der Waals surface area contributed by atoms with Gasteiger partial charge in [0.2, 0.25) is 0 Å². The molecule has 7 heteroatoms. The van der Waals surface area contributed by atoms with E-state index in [1.165, 1.54) is 12.8 Å². The number of carbonyl (C=O) groups is 3. The van der Waals surface area contributed by atoms with Gasteiger partial charge in [-0.2, -0.15) is 0 Å². The lowest BCUT2D eigenvalue weighted by Gasteiger charge is -2.30. The van der Waals surface area contributed by atoms with E-state index in [-0.39, 0.29) is 59.1 Å². The number of Topliss-reactive ketones (excluding diaryl/α,β-unsaturated/α-hetero) is 2. The molecule has 31 heavy (non-hydrogen) atoms. The number of alkyl carbamates (subject to hydrolysis) is 1. The second-order valence-electron chi connectivity index (χ2n) is 8.48. The molecule has 0 aliphatic heterocycles. The number of ketones is 2. The second kappa shape index (κ2) is 14.4. The third-order valence-electron chi connectivity index (χ3n) is 6.15. The summed E-state index contributed by atoms with van der Waals surface area (Å²) in [4.78, 5) is 34.3. The van der Waals surface area contributed by atoms with Gasteiger partial charge in [0.05, 0.1) is 0 Å². The molecule has 1 aromatic rings. The fourth-order valence-electron chi connectivity index (χ4n) is 4.37. The smallest absolute Gasteiger partial charge is 0.407 e. The van der Waals surface area contributed by atoms with Gasteiger partial charge in [-0.05, 0) is 45.1 Å². The van der Waals surface area contributed by atoms with Crippen molar-refractivity contribution in [3.8, 4) is 0 Å². The number of ether oxygens (including phenoxy) is 1. The summed E-state index contributed by atoms with van der Waals surface area (Å²) in [6.45, 7) is 3.50. The van der Waals surface area contributed by atoms with Gasteiger partial charge in [-0.1, -0.05) is 56.0 Å². The lowest BCUT2D eigenvalue weighted by molar-refractivity contribution is -0.123. The average Bonchev–Trinajstić information content (AvgIpc) is 2.74. The van der Waals surface area contributed by atoms with E-state index >= 15 is 0 Å². The summed E-state index contributed by atoms with van der Waals surface area (Å²) in [7, 11) is 0. The molecule has 2 fully saturated rings. The van der Waals surface area contributed by atoms with Crippen molar-refractivity contribution in [1.29, 1.82) is 0 Å². The summed E-state index contributed by atoms with van der Waals surface area (Å²) in [6, 6.07) is 9.62. The van der Waals surface area contributed by atoms with Crippen LogP contribution in [0.1, 0.15) is 70.8 Å². The highest BCUT2D eigenvalue weighted by Crippen LogP contribution is 2.25. The first kappa shape index (κ1) is 27.3. The van der Waals surface area contributed by atoms with Crippen LogP contribution in [0.15, 0.2) is 30.3 Å². The first-order valence-corrected chi connectivity index (χ1v) is 11.1. The molecule has 3 rings (SSSR count). The molecular formula is C24H37BrN2O4. The molecule has 0 spiro atoms. The highest BCUT2D eigenvalue weighted by Gasteiger charge is 2.30. The van der Waals surface area contributed by atoms with Crippen LogP contribution in [0.2, 0.25) is 0 Å². The summed E-state index contributed by atoms with van der Waals surface area (Å²) < 4.78 is 5.20. The Morgan fingerprint density at radius 1 is 0.903 bits per heavy atom. The Balaban J connectivity index is 0.000000370. The maximum atomic E-state index is 11.8. The Hall–Kier alpha value is -1.73. The number of carbonyl (C=O) groups excluding carboxylic acids is 3. The maximum Gasteiger partial charge on any atom is 0.407 e. The van der Waals surface area contributed by atoms with E-state index in [1.807, 2.05) is 30.3 Å². The summed E-state index contributed by atoms with van der Waals surface area (Å²) >= 11 is 0. The van der Waals surface area contributed by atoms with Crippen LogP contribution < -0.4 is 11.1 Å². The molecule has 1 amide bonds. The van der Waals surface area contributed by atoms with Crippen molar-refractivity contribution in [3.05, 3.63) is 35.9 Å². The standard InChI is InChI=1S/C16H21NO3.C8H15NO.BrH/c1-12(18)14-9-5-6-10-15(14)17-16(19)20-11-13-7-3-2-4-8-13;1-6(10)7-4-2-3-5-8(7)9;/h2-4,7-8,14-15H,5-6,9-11H2,1H3,(H,17,19);7-8H,2-5,9H2,1H3;1H/t14-,15-;7-,8?;/m00./s1. The van der Waals surface area contributed by atoms with E-state index in [9.17, 15) is 14.4 Å². The van der Waals surface area contributed by atoms with Gasteiger partial charge in [0.1, 0.15) is 18.2 Å². The van der Waals surface area contributed by atoms with E-state index in [1.54, 1.807) is 13.8 Å². The first-order valence-electron chi connectivity index (χ1n) is 11.1. The first-order chi connectivity index (χ1) is 14.4. The lowest BCUT2D eigenvalue weighted by Crippen LogP contribution is -2.44. The SMILES string of the molecule is Br.CC(=O)[C@@H]1CCCCC1N.CC(=O)[C@@H]1CCCC[C@@H]1NC(=O)OCc1ccccc1. The minimum Gasteiger partial charge on any atom is -0.445 e. The third kappa shape index (κ3) is 9.52. The second-order valence-corrected chi connectivity index (χ2v) is 8.48. The molecular weight excluding hydrogens is 460 g/mol. The van der Waals surface area contributed by atoms with Crippen molar-refractivity contribution >= 4 is 34.6 Å². The van der Waals surface area contributed by atoms with Gasteiger partial charge in [-0.3, -0.25) is 9.59 Å². The Morgan fingerprint density at radius 2 is 1.45 bits per heavy atom. The molecule has 0 heterocycles. The van der Waals surface area contributed by atoms with Crippen LogP contribution >= 0.6 is 17.0 Å². The minimum absolute atomic E-state index is 0. The molecule has 6 nitrogen and oxygen atoms in total. The van der Waals surface area contributed by atoms with Gasteiger partial charge in [-0.25, -0.2) is 4.79 Å². The van der Waals surface area contributed by atoms with Gasteiger partial charge in [0, 0.05) is 23.9 Å². The Bertz CT molecular complexity index is 698. The number of halogens is 1.